The van der Waals surface area contributed by atoms with Gasteiger partial charge < -0.3 is 0 Å². The van der Waals surface area contributed by atoms with Crippen LogP contribution in [0.5, 0.6) is 0 Å². The van der Waals surface area contributed by atoms with Crippen LogP contribution in [0.4, 0.5) is 13.2 Å². The number of alkyl halides is 3. The maximum Gasteiger partial charge on any atom is 0.409 e. The number of rotatable bonds is 2. The molecule has 1 heterocycles. The molecule has 7 heteroatoms. The lowest BCUT2D eigenvalue weighted by molar-refractivity contribution is -0.191. The molecule has 1 saturated heterocycles. The number of benzene rings is 2. The predicted molar refractivity (Wildman–Crippen MR) is 76.9 cm³/mol. The topological polar surface area (TPSA) is 56.1 Å². The number of nitrogens with one attached hydrogen (secondary N) is 1. The molecule has 0 bridgehead atoms. The van der Waals surface area contributed by atoms with E-state index in [4.69, 9.17) is 5.26 Å². The summed E-state index contributed by atoms with van der Waals surface area (Å²) in [6, 6.07) is 9.30. The van der Waals surface area contributed by atoms with E-state index in [1.54, 1.807) is 18.2 Å². The summed E-state index contributed by atoms with van der Waals surface area (Å²) in [5.74, 6) is -0.424. The summed E-state index contributed by atoms with van der Waals surface area (Å²) in [4.78, 5) is 11.3. The van der Waals surface area contributed by atoms with Crippen LogP contribution in [0, 0.1) is 11.3 Å². The average molecular weight is 319 g/mol. The van der Waals surface area contributed by atoms with Crippen molar-refractivity contribution in [1.82, 2.24) is 10.4 Å². The van der Waals surface area contributed by atoms with Crippen molar-refractivity contribution in [3.8, 4) is 6.07 Å². The number of carbonyl (C=O) groups is 1. The van der Waals surface area contributed by atoms with Crippen molar-refractivity contribution >= 4 is 16.7 Å². The molecule has 1 N–H and O–H groups in total. The summed E-state index contributed by atoms with van der Waals surface area (Å²) < 4.78 is 40.5. The fourth-order valence-electron chi connectivity index (χ4n) is 2.80. The SMILES string of the molecule is N#Cc1cccc2cc([C@H](N3CCC(=O)N3)C(F)(F)F)ccc12. The van der Waals surface area contributed by atoms with Crippen molar-refractivity contribution in [2.45, 2.75) is 18.6 Å². The second kappa shape index (κ2) is 5.56. The van der Waals surface area contributed by atoms with Gasteiger partial charge in [0, 0.05) is 13.0 Å². The smallest absolute Gasteiger partial charge is 0.288 e. The van der Waals surface area contributed by atoms with Crippen molar-refractivity contribution in [2.24, 2.45) is 0 Å². The van der Waals surface area contributed by atoms with Crippen molar-refractivity contribution < 1.29 is 18.0 Å². The van der Waals surface area contributed by atoms with E-state index in [1.807, 2.05) is 6.07 Å². The third kappa shape index (κ3) is 2.85. The average Bonchev–Trinajstić information content (AvgIpc) is 2.91. The summed E-state index contributed by atoms with van der Waals surface area (Å²) >= 11 is 0. The van der Waals surface area contributed by atoms with Crippen molar-refractivity contribution in [3.05, 3.63) is 47.5 Å². The predicted octanol–water partition coefficient (Wildman–Crippen LogP) is 3.05. The van der Waals surface area contributed by atoms with Gasteiger partial charge in [0.2, 0.25) is 5.91 Å². The number of carbonyl (C=O) groups excluding carboxylic acids is 1. The number of hydrogen-bond donors (Lipinski definition) is 1. The van der Waals surface area contributed by atoms with E-state index in [1.165, 1.54) is 18.2 Å². The lowest BCUT2D eigenvalue weighted by Crippen LogP contribution is -2.43. The van der Waals surface area contributed by atoms with Gasteiger partial charge in [-0.1, -0.05) is 24.3 Å². The van der Waals surface area contributed by atoms with Crippen LogP contribution in [0.2, 0.25) is 0 Å². The molecular formula is C16H12F3N3O. The van der Waals surface area contributed by atoms with Gasteiger partial charge in [-0.3, -0.25) is 10.2 Å². The fraction of sp³-hybridized carbons (Fsp3) is 0.250. The van der Waals surface area contributed by atoms with Crippen LogP contribution < -0.4 is 5.43 Å². The highest BCUT2D eigenvalue weighted by atomic mass is 19.4. The van der Waals surface area contributed by atoms with Gasteiger partial charge in [0.25, 0.3) is 0 Å². The van der Waals surface area contributed by atoms with Gasteiger partial charge >= 0.3 is 6.18 Å². The Labute approximate surface area is 130 Å². The molecule has 0 saturated carbocycles. The lowest BCUT2D eigenvalue weighted by atomic mass is 9.98. The number of amides is 1. The molecule has 1 fully saturated rings. The molecule has 0 spiro atoms. The molecule has 1 atom stereocenters. The van der Waals surface area contributed by atoms with E-state index >= 15 is 0 Å². The van der Waals surface area contributed by atoms with Crippen LogP contribution in [0.25, 0.3) is 10.8 Å². The van der Waals surface area contributed by atoms with E-state index in [2.05, 4.69) is 5.43 Å². The quantitative estimate of drug-likeness (QED) is 0.925. The molecule has 2 aromatic rings. The Balaban J connectivity index is 2.08. The zero-order valence-corrected chi connectivity index (χ0v) is 11.9. The molecule has 118 valence electrons. The maximum atomic E-state index is 13.5. The first-order valence-corrected chi connectivity index (χ1v) is 6.96. The summed E-state index contributed by atoms with van der Waals surface area (Å²) in [6.07, 6.45) is -4.49. The van der Waals surface area contributed by atoms with Gasteiger partial charge in [-0.25, -0.2) is 5.01 Å². The minimum Gasteiger partial charge on any atom is -0.288 e. The Morgan fingerprint density at radius 3 is 2.65 bits per heavy atom. The number of fused-ring (bicyclic) bond motifs is 1. The van der Waals surface area contributed by atoms with Crippen molar-refractivity contribution in [3.63, 3.8) is 0 Å². The van der Waals surface area contributed by atoms with E-state index in [0.29, 0.717) is 16.3 Å². The van der Waals surface area contributed by atoms with Gasteiger partial charge in [-0.2, -0.15) is 18.4 Å². The highest BCUT2D eigenvalue weighted by molar-refractivity contribution is 5.88. The number of hydrogen-bond acceptors (Lipinski definition) is 3. The summed E-state index contributed by atoms with van der Waals surface area (Å²) in [5, 5.41) is 11.1. The van der Waals surface area contributed by atoms with Gasteiger partial charge in [-0.05, 0) is 28.5 Å². The maximum absolute atomic E-state index is 13.5. The molecular weight excluding hydrogens is 307 g/mol. The molecule has 0 unspecified atom stereocenters. The van der Waals surface area contributed by atoms with Crippen LogP contribution in [-0.2, 0) is 4.79 Å². The molecule has 23 heavy (non-hydrogen) atoms. The monoisotopic (exact) mass is 319 g/mol. The summed E-state index contributed by atoms with van der Waals surface area (Å²) in [6.45, 7) is -0.000712. The molecule has 1 aliphatic rings. The molecule has 4 nitrogen and oxygen atoms in total. The van der Waals surface area contributed by atoms with E-state index in [-0.39, 0.29) is 18.5 Å². The Bertz CT molecular complexity index is 810. The molecule has 1 amide bonds. The van der Waals surface area contributed by atoms with E-state index in [9.17, 15) is 18.0 Å². The van der Waals surface area contributed by atoms with Gasteiger partial charge in [0.15, 0.2) is 0 Å². The summed E-state index contributed by atoms with van der Waals surface area (Å²) in [5.41, 5.74) is 2.69. The van der Waals surface area contributed by atoms with E-state index < -0.39 is 18.1 Å². The molecule has 3 rings (SSSR count). The summed E-state index contributed by atoms with van der Waals surface area (Å²) in [7, 11) is 0. The van der Waals surface area contributed by atoms with Crippen LogP contribution in [0.3, 0.4) is 0 Å². The standard InChI is InChI=1S/C16H12F3N3O/c17-16(18,19)15(22-7-6-14(23)21-22)11-4-5-13-10(8-11)2-1-3-12(13)9-20/h1-5,8,15H,6-7H2,(H,21,23)/t15-/m0/s1. The molecule has 1 aliphatic heterocycles. The number of hydrazine groups is 1. The highest BCUT2D eigenvalue weighted by Crippen LogP contribution is 2.39. The van der Waals surface area contributed by atoms with E-state index in [0.717, 1.165) is 5.01 Å². The van der Waals surface area contributed by atoms with Crippen LogP contribution >= 0.6 is 0 Å². The largest absolute Gasteiger partial charge is 0.409 e. The second-order valence-electron chi connectivity index (χ2n) is 5.32. The van der Waals surface area contributed by atoms with Gasteiger partial charge in [0.05, 0.1) is 11.6 Å². The normalized spacial score (nSPS) is 17.0. The number of halogens is 3. The van der Waals surface area contributed by atoms with Gasteiger partial charge in [0.1, 0.15) is 6.04 Å². The third-order valence-corrected chi connectivity index (χ3v) is 3.81. The van der Waals surface area contributed by atoms with Crippen LogP contribution in [0.15, 0.2) is 36.4 Å². The zero-order valence-electron chi connectivity index (χ0n) is 11.9. The Hall–Kier alpha value is -2.59. The second-order valence-corrected chi connectivity index (χ2v) is 5.32. The number of nitrogens with zero attached hydrogens (tertiary/aromatic N) is 2. The van der Waals surface area contributed by atoms with Gasteiger partial charge in [-0.15, -0.1) is 0 Å². The fourth-order valence-corrected chi connectivity index (χ4v) is 2.80. The Morgan fingerprint density at radius 2 is 2.04 bits per heavy atom. The minimum absolute atomic E-state index is 0.000712. The third-order valence-electron chi connectivity index (χ3n) is 3.81. The molecule has 0 aromatic heterocycles. The zero-order chi connectivity index (χ0) is 16.6. The molecule has 0 aliphatic carbocycles. The Kier molecular flexibility index (Phi) is 3.70. The molecule has 2 aromatic carbocycles. The van der Waals surface area contributed by atoms with Crippen molar-refractivity contribution in [1.29, 1.82) is 5.26 Å². The Morgan fingerprint density at radius 1 is 1.26 bits per heavy atom. The van der Waals surface area contributed by atoms with Crippen LogP contribution in [0.1, 0.15) is 23.6 Å². The number of nitriles is 1. The first-order chi connectivity index (χ1) is 10.9. The molecule has 0 radical (unpaired) electrons. The van der Waals surface area contributed by atoms with Crippen molar-refractivity contribution in [2.75, 3.05) is 6.54 Å². The van der Waals surface area contributed by atoms with Crippen LogP contribution in [-0.4, -0.2) is 23.6 Å². The first kappa shape index (κ1) is 15.3. The minimum atomic E-state index is -4.53. The lowest BCUT2D eigenvalue weighted by Gasteiger charge is -2.29. The first-order valence-electron chi connectivity index (χ1n) is 6.96. The highest BCUT2D eigenvalue weighted by Gasteiger charge is 2.46.